The van der Waals surface area contributed by atoms with Crippen LogP contribution in [-0.4, -0.2) is 31.2 Å². The molecule has 0 saturated carbocycles. The van der Waals surface area contributed by atoms with Crippen molar-refractivity contribution in [1.29, 1.82) is 0 Å². The van der Waals surface area contributed by atoms with Crippen LogP contribution in [-0.2, 0) is 4.74 Å². The minimum absolute atomic E-state index is 0.0705. The smallest absolute Gasteiger partial charge is 0.253 e. The van der Waals surface area contributed by atoms with Gasteiger partial charge in [-0.2, -0.15) is 0 Å². The van der Waals surface area contributed by atoms with E-state index in [0.717, 1.165) is 16.6 Å². The quantitative estimate of drug-likeness (QED) is 0.812. The van der Waals surface area contributed by atoms with Gasteiger partial charge >= 0.3 is 0 Å². The Hall–Kier alpha value is -1.81. The van der Waals surface area contributed by atoms with Gasteiger partial charge in [-0.1, -0.05) is 12.1 Å². The van der Waals surface area contributed by atoms with Crippen molar-refractivity contribution in [3.8, 4) is 0 Å². The summed E-state index contributed by atoms with van der Waals surface area (Å²) in [6, 6.07) is 5.77. The van der Waals surface area contributed by atoms with Crippen molar-refractivity contribution in [1.82, 2.24) is 10.3 Å². The van der Waals surface area contributed by atoms with Crippen molar-refractivity contribution in [2.24, 2.45) is 0 Å². The molecule has 1 heterocycles. The first kappa shape index (κ1) is 12.6. The zero-order chi connectivity index (χ0) is 13.1. The monoisotopic (exact) mass is 246 g/mol. The number of hydrogen-bond donors (Lipinski definition) is 2. The number of aromatic amines is 1. The SMILES string of the molecule is COCCNC(=O)c1cccc2c(C)c(C)[nH]c12. The van der Waals surface area contributed by atoms with Gasteiger partial charge in [0.25, 0.3) is 5.91 Å². The molecule has 2 N–H and O–H groups in total. The number of amides is 1. The zero-order valence-corrected chi connectivity index (χ0v) is 11.0. The number of rotatable bonds is 4. The number of fused-ring (bicyclic) bond motifs is 1. The third-order valence-electron chi connectivity index (χ3n) is 3.18. The predicted molar refractivity (Wildman–Crippen MR) is 72.0 cm³/mol. The molecule has 1 aromatic carbocycles. The number of aromatic nitrogens is 1. The van der Waals surface area contributed by atoms with Crippen LogP contribution in [0.5, 0.6) is 0 Å². The maximum atomic E-state index is 12.1. The van der Waals surface area contributed by atoms with Crippen molar-refractivity contribution in [2.45, 2.75) is 13.8 Å². The van der Waals surface area contributed by atoms with Crippen LogP contribution in [0, 0.1) is 13.8 Å². The summed E-state index contributed by atoms with van der Waals surface area (Å²) in [5.74, 6) is -0.0705. The maximum Gasteiger partial charge on any atom is 0.253 e. The van der Waals surface area contributed by atoms with Gasteiger partial charge in [-0.25, -0.2) is 0 Å². The van der Waals surface area contributed by atoms with E-state index in [1.165, 1.54) is 5.56 Å². The fourth-order valence-corrected chi connectivity index (χ4v) is 2.03. The molecule has 0 spiro atoms. The van der Waals surface area contributed by atoms with Crippen LogP contribution in [0.3, 0.4) is 0 Å². The number of methoxy groups -OCH3 is 1. The number of para-hydroxylation sites is 1. The highest BCUT2D eigenvalue weighted by Gasteiger charge is 2.13. The highest BCUT2D eigenvalue weighted by molar-refractivity contribution is 6.06. The Labute approximate surface area is 106 Å². The van der Waals surface area contributed by atoms with Gasteiger partial charge in [0.05, 0.1) is 17.7 Å². The Morgan fingerprint density at radius 1 is 1.39 bits per heavy atom. The summed E-state index contributed by atoms with van der Waals surface area (Å²) in [7, 11) is 1.62. The van der Waals surface area contributed by atoms with Gasteiger partial charge in [0, 0.05) is 24.7 Å². The highest BCUT2D eigenvalue weighted by Crippen LogP contribution is 2.23. The molecule has 18 heavy (non-hydrogen) atoms. The Kier molecular flexibility index (Phi) is 3.67. The molecule has 1 aromatic heterocycles. The predicted octanol–water partition coefficient (Wildman–Crippen LogP) is 2.16. The van der Waals surface area contributed by atoms with E-state index in [0.29, 0.717) is 18.7 Å². The van der Waals surface area contributed by atoms with Crippen molar-refractivity contribution in [2.75, 3.05) is 20.3 Å². The molecule has 4 nitrogen and oxygen atoms in total. The number of H-pyrrole nitrogens is 1. The van der Waals surface area contributed by atoms with Crippen molar-refractivity contribution < 1.29 is 9.53 Å². The summed E-state index contributed by atoms with van der Waals surface area (Å²) in [5.41, 5.74) is 3.88. The van der Waals surface area contributed by atoms with E-state index >= 15 is 0 Å². The second-order valence-electron chi connectivity index (χ2n) is 4.35. The van der Waals surface area contributed by atoms with Crippen LogP contribution in [0.4, 0.5) is 0 Å². The molecule has 2 aromatic rings. The number of benzene rings is 1. The molecule has 96 valence electrons. The molecule has 4 heteroatoms. The Morgan fingerprint density at radius 3 is 2.89 bits per heavy atom. The summed E-state index contributed by atoms with van der Waals surface area (Å²) >= 11 is 0. The average Bonchev–Trinajstić information content (AvgIpc) is 2.66. The van der Waals surface area contributed by atoms with Crippen LogP contribution >= 0.6 is 0 Å². The van der Waals surface area contributed by atoms with E-state index in [-0.39, 0.29) is 5.91 Å². The molecule has 0 fully saturated rings. The van der Waals surface area contributed by atoms with Crippen LogP contribution < -0.4 is 5.32 Å². The lowest BCUT2D eigenvalue weighted by Gasteiger charge is -2.05. The van der Waals surface area contributed by atoms with Gasteiger partial charge in [0.15, 0.2) is 0 Å². The molecule has 0 unspecified atom stereocenters. The molecule has 1 amide bonds. The number of carbonyl (C=O) groups excluding carboxylic acids is 1. The normalized spacial score (nSPS) is 10.8. The van der Waals surface area contributed by atoms with Gasteiger partial charge in [-0.3, -0.25) is 4.79 Å². The fraction of sp³-hybridized carbons (Fsp3) is 0.357. The molecule has 0 aliphatic carbocycles. The Morgan fingerprint density at radius 2 is 2.17 bits per heavy atom. The largest absolute Gasteiger partial charge is 0.383 e. The molecular weight excluding hydrogens is 228 g/mol. The lowest BCUT2D eigenvalue weighted by atomic mass is 10.1. The van der Waals surface area contributed by atoms with Crippen molar-refractivity contribution >= 4 is 16.8 Å². The number of carbonyl (C=O) groups is 1. The lowest BCUT2D eigenvalue weighted by Crippen LogP contribution is -2.27. The minimum Gasteiger partial charge on any atom is -0.383 e. The van der Waals surface area contributed by atoms with Gasteiger partial charge in [0.2, 0.25) is 0 Å². The first-order valence-corrected chi connectivity index (χ1v) is 6.00. The van der Waals surface area contributed by atoms with Gasteiger partial charge < -0.3 is 15.0 Å². The number of hydrogen-bond acceptors (Lipinski definition) is 2. The summed E-state index contributed by atoms with van der Waals surface area (Å²) in [6.07, 6.45) is 0. The number of aryl methyl sites for hydroxylation is 2. The van der Waals surface area contributed by atoms with Crippen LogP contribution in [0.15, 0.2) is 18.2 Å². The summed E-state index contributed by atoms with van der Waals surface area (Å²) < 4.78 is 4.92. The summed E-state index contributed by atoms with van der Waals surface area (Å²) in [4.78, 5) is 15.3. The standard InChI is InChI=1S/C14H18N2O2/c1-9-10(2)16-13-11(9)5-4-6-12(13)14(17)15-7-8-18-3/h4-6,16H,7-8H2,1-3H3,(H,15,17). The van der Waals surface area contributed by atoms with Crippen LogP contribution in [0.25, 0.3) is 10.9 Å². The third-order valence-corrected chi connectivity index (χ3v) is 3.18. The average molecular weight is 246 g/mol. The topological polar surface area (TPSA) is 54.1 Å². The molecule has 0 aliphatic heterocycles. The minimum atomic E-state index is -0.0705. The van der Waals surface area contributed by atoms with Crippen LogP contribution in [0.1, 0.15) is 21.6 Å². The summed E-state index contributed by atoms with van der Waals surface area (Å²) in [6.45, 7) is 5.11. The van der Waals surface area contributed by atoms with Crippen molar-refractivity contribution in [3.63, 3.8) is 0 Å². The molecule has 0 aliphatic rings. The van der Waals surface area contributed by atoms with E-state index in [1.54, 1.807) is 7.11 Å². The lowest BCUT2D eigenvalue weighted by molar-refractivity contribution is 0.0938. The highest BCUT2D eigenvalue weighted by atomic mass is 16.5. The van der Waals surface area contributed by atoms with Gasteiger partial charge in [-0.05, 0) is 25.5 Å². The second-order valence-corrected chi connectivity index (χ2v) is 4.35. The Bertz CT molecular complexity index is 572. The summed E-state index contributed by atoms with van der Waals surface area (Å²) in [5, 5.41) is 3.94. The van der Waals surface area contributed by atoms with Gasteiger partial charge in [0.1, 0.15) is 0 Å². The van der Waals surface area contributed by atoms with E-state index < -0.39 is 0 Å². The van der Waals surface area contributed by atoms with Crippen LogP contribution in [0.2, 0.25) is 0 Å². The first-order valence-electron chi connectivity index (χ1n) is 6.00. The van der Waals surface area contributed by atoms with E-state index in [2.05, 4.69) is 17.2 Å². The number of nitrogens with one attached hydrogen (secondary N) is 2. The second kappa shape index (κ2) is 5.23. The molecular formula is C14H18N2O2. The van der Waals surface area contributed by atoms with E-state index in [1.807, 2.05) is 25.1 Å². The number of ether oxygens (including phenoxy) is 1. The van der Waals surface area contributed by atoms with E-state index in [9.17, 15) is 4.79 Å². The van der Waals surface area contributed by atoms with Crippen molar-refractivity contribution in [3.05, 3.63) is 35.0 Å². The molecule has 0 bridgehead atoms. The fourth-order valence-electron chi connectivity index (χ4n) is 2.03. The molecule has 0 atom stereocenters. The maximum absolute atomic E-state index is 12.1. The molecule has 2 rings (SSSR count). The van der Waals surface area contributed by atoms with Gasteiger partial charge in [-0.15, -0.1) is 0 Å². The first-order chi connectivity index (χ1) is 8.65. The van der Waals surface area contributed by atoms with E-state index in [4.69, 9.17) is 4.74 Å². The Balaban J connectivity index is 2.33. The third kappa shape index (κ3) is 2.24. The zero-order valence-electron chi connectivity index (χ0n) is 11.0. The molecule has 0 radical (unpaired) electrons. The molecule has 0 saturated heterocycles.